The lowest BCUT2D eigenvalue weighted by atomic mass is 10.1. The third-order valence-electron chi connectivity index (χ3n) is 3.53. The third kappa shape index (κ3) is 3.43. The van der Waals surface area contributed by atoms with Crippen molar-refractivity contribution in [2.75, 3.05) is 11.1 Å². The van der Waals surface area contributed by atoms with Crippen molar-refractivity contribution < 1.29 is 4.52 Å². The number of anilines is 2. The quantitative estimate of drug-likeness (QED) is 0.760. The van der Waals surface area contributed by atoms with Crippen LogP contribution in [0.1, 0.15) is 17.0 Å². The first kappa shape index (κ1) is 15.3. The molecule has 3 aromatic rings. The van der Waals surface area contributed by atoms with Crippen LogP contribution in [-0.2, 0) is 6.54 Å². The van der Waals surface area contributed by atoms with Crippen LogP contribution in [0.25, 0.3) is 11.3 Å². The van der Waals surface area contributed by atoms with E-state index in [4.69, 9.17) is 21.9 Å². The van der Waals surface area contributed by atoms with Gasteiger partial charge in [0, 0.05) is 27.9 Å². The largest absolute Gasteiger partial charge is 0.368 e. The molecule has 0 bridgehead atoms. The van der Waals surface area contributed by atoms with E-state index >= 15 is 0 Å². The van der Waals surface area contributed by atoms with Crippen LogP contribution in [0.15, 0.2) is 34.9 Å². The van der Waals surface area contributed by atoms with Gasteiger partial charge >= 0.3 is 0 Å². The minimum absolute atomic E-state index is 0.248. The van der Waals surface area contributed by atoms with E-state index in [1.165, 1.54) is 0 Å². The van der Waals surface area contributed by atoms with Crippen molar-refractivity contribution in [3.05, 3.63) is 52.3 Å². The molecule has 118 valence electrons. The molecule has 1 aromatic carbocycles. The highest BCUT2D eigenvalue weighted by molar-refractivity contribution is 6.30. The molecule has 0 unspecified atom stereocenters. The van der Waals surface area contributed by atoms with Crippen LogP contribution in [0.3, 0.4) is 0 Å². The summed E-state index contributed by atoms with van der Waals surface area (Å²) in [5.41, 5.74) is 9.18. The Morgan fingerprint density at radius 3 is 2.65 bits per heavy atom. The van der Waals surface area contributed by atoms with Gasteiger partial charge in [-0.3, -0.25) is 0 Å². The lowest BCUT2D eigenvalue weighted by molar-refractivity contribution is 0.424. The highest BCUT2D eigenvalue weighted by atomic mass is 35.5. The summed E-state index contributed by atoms with van der Waals surface area (Å²) in [6.07, 6.45) is 0. The highest BCUT2D eigenvalue weighted by Gasteiger charge is 2.09. The van der Waals surface area contributed by atoms with E-state index in [1.54, 1.807) is 0 Å². The molecule has 0 fully saturated rings. The van der Waals surface area contributed by atoms with Gasteiger partial charge in [-0.25, -0.2) is 4.98 Å². The van der Waals surface area contributed by atoms with Crippen molar-refractivity contribution >= 4 is 23.4 Å². The number of nitrogen functional groups attached to an aromatic ring is 1. The number of aryl methyl sites for hydroxylation is 1. The smallest absolute Gasteiger partial charge is 0.222 e. The van der Waals surface area contributed by atoms with Gasteiger partial charge in [-0.1, -0.05) is 16.8 Å². The summed E-state index contributed by atoms with van der Waals surface area (Å²) >= 11 is 5.88. The zero-order chi connectivity index (χ0) is 16.4. The molecule has 0 atom stereocenters. The lowest BCUT2D eigenvalue weighted by Gasteiger charge is -2.09. The zero-order valence-corrected chi connectivity index (χ0v) is 13.6. The van der Waals surface area contributed by atoms with Gasteiger partial charge in [0.15, 0.2) is 5.76 Å². The molecule has 0 saturated carbocycles. The minimum Gasteiger partial charge on any atom is -0.368 e. The highest BCUT2D eigenvalue weighted by Crippen LogP contribution is 2.23. The van der Waals surface area contributed by atoms with Crippen LogP contribution >= 0.6 is 11.6 Å². The zero-order valence-electron chi connectivity index (χ0n) is 12.8. The van der Waals surface area contributed by atoms with Crippen molar-refractivity contribution in [2.24, 2.45) is 0 Å². The number of benzene rings is 1. The number of hydrogen-bond donors (Lipinski definition) is 2. The Morgan fingerprint density at radius 2 is 1.91 bits per heavy atom. The van der Waals surface area contributed by atoms with E-state index < -0.39 is 0 Å². The Hall–Kier alpha value is -2.60. The summed E-state index contributed by atoms with van der Waals surface area (Å²) in [4.78, 5) is 8.33. The fourth-order valence-electron chi connectivity index (χ4n) is 2.14. The molecule has 3 N–H and O–H groups in total. The molecule has 0 saturated heterocycles. The first-order valence-corrected chi connectivity index (χ1v) is 7.47. The van der Waals surface area contributed by atoms with Crippen molar-refractivity contribution in [3.8, 4) is 11.3 Å². The van der Waals surface area contributed by atoms with Crippen LogP contribution < -0.4 is 11.1 Å². The van der Waals surface area contributed by atoms with Crippen LogP contribution in [-0.4, -0.2) is 15.1 Å². The minimum atomic E-state index is 0.248. The molecule has 0 aliphatic carbocycles. The van der Waals surface area contributed by atoms with Crippen LogP contribution in [0.5, 0.6) is 0 Å². The van der Waals surface area contributed by atoms with Gasteiger partial charge in [-0.05, 0) is 38.1 Å². The predicted molar refractivity (Wildman–Crippen MR) is 90.2 cm³/mol. The van der Waals surface area contributed by atoms with E-state index in [1.807, 2.05) is 44.2 Å². The van der Waals surface area contributed by atoms with Crippen LogP contribution in [0, 0.1) is 13.8 Å². The van der Waals surface area contributed by atoms with E-state index in [-0.39, 0.29) is 5.95 Å². The van der Waals surface area contributed by atoms with E-state index in [2.05, 4.69) is 20.4 Å². The Bertz CT molecular complexity index is 829. The molecule has 23 heavy (non-hydrogen) atoms. The number of nitrogens with one attached hydrogen (secondary N) is 1. The SMILES string of the molecule is Cc1nc(N)nc(NCc2cc(-c3ccc(Cl)cc3)on2)c1C. The molecule has 0 aliphatic rings. The summed E-state index contributed by atoms with van der Waals surface area (Å²) in [5.74, 6) is 1.64. The normalized spacial score (nSPS) is 10.7. The number of nitrogens with zero attached hydrogens (tertiary/aromatic N) is 3. The van der Waals surface area contributed by atoms with Crippen molar-refractivity contribution in [3.63, 3.8) is 0 Å². The summed E-state index contributed by atoms with van der Waals surface area (Å²) in [6, 6.07) is 9.28. The maximum absolute atomic E-state index is 5.88. The second-order valence-electron chi connectivity index (χ2n) is 5.18. The maximum Gasteiger partial charge on any atom is 0.222 e. The number of halogens is 1. The van der Waals surface area contributed by atoms with Crippen LogP contribution in [0.4, 0.5) is 11.8 Å². The molecule has 6 nitrogen and oxygen atoms in total. The molecule has 7 heteroatoms. The van der Waals surface area contributed by atoms with Crippen molar-refractivity contribution in [1.29, 1.82) is 0 Å². The molecule has 2 heterocycles. The standard InChI is InChI=1S/C16H16ClN5O/c1-9-10(2)20-16(18)21-15(9)19-8-13-7-14(23-22-13)11-3-5-12(17)6-4-11/h3-7H,8H2,1-2H3,(H3,18,19,20,21). The molecular weight excluding hydrogens is 314 g/mol. The Labute approximate surface area is 138 Å². The predicted octanol–water partition coefficient (Wildman–Crippen LogP) is 3.60. The first-order chi connectivity index (χ1) is 11.0. The first-order valence-electron chi connectivity index (χ1n) is 7.09. The number of aromatic nitrogens is 3. The molecule has 0 radical (unpaired) electrons. The van der Waals surface area contributed by atoms with E-state index in [0.29, 0.717) is 23.1 Å². The maximum atomic E-state index is 5.88. The van der Waals surface area contributed by atoms with Gasteiger partial charge in [-0.15, -0.1) is 0 Å². The summed E-state index contributed by atoms with van der Waals surface area (Å²) < 4.78 is 5.37. The summed E-state index contributed by atoms with van der Waals surface area (Å²) in [5, 5.41) is 7.95. The second kappa shape index (κ2) is 6.26. The summed E-state index contributed by atoms with van der Waals surface area (Å²) in [6.45, 7) is 4.32. The van der Waals surface area contributed by atoms with Gasteiger partial charge < -0.3 is 15.6 Å². The average molecular weight is 330 g/mol. The molecular formula is C16H16ClN5O. The van der Waals surface area contributed by atoms with Crippen molar-refractivity contribution in [2.45, 2.75) is 20.4 Å². The van der Waals surface area contributed by atoms with Gasteiger partial charge in [0.1, 0.15) is 11.5 Å². The molecule has 0 aliphatic heterocycles. The Kier molecular flexibility index (Phi) is 4.16. The van der Waals surface area contributed by atoms with Gasteiger partial charge in [0.05, 0.1) is 6.54 Å². The molecule has 3 rings (SSSR count). The summed E-state index contributed by atoms with van der Waals surface area (Å²) in [7, 11) is 0. The van der Waals surface area contributed by atoms with Gasteiger partial charge in [0.2, 0.25) is 5.95 Å². The fraction of sp³-hybridized carbons (Fsp3) is 0.188. The monoisotopic (exact) mass is 329 g/mol. The van der Waals surface area contributed by atoms with E-state index in [0.717, 1.165) is 22.5 Å². The average Bonchev–Trinajstić information content (AvgIpc) is 2.99. The van der Waals surface area contributed by atoms with E-state index in [9.17, 15) is 0 Å². The second-order valence-corrected chi connectivity index (χ2v) is 5.62. The Balaban J connectivity index is 1.74. The topological polar surface area (TPSA) is 89.9 Å². The number of rotatable bonds is 4. The third-order valence-corrected chi connectivity index (χ3v) is 3.78. The van der Waals surface area contributed by atoms with Crippen LogP contribution in [0.2, 0.25) is 5.02 Å². The molecule has 0 amide bonds. The van der Waals surface area contributed by atoms with Gasteiger partial charge in [-0.2, -0.15) is 4.98 Å². The lowest BCUT2D eigenvalue weighted by Crippen LogP contribution is -2.08. The number of hydrogen-bond acceptors (Lipinski definition) is 6. The fourth-order valence-corrected chi connectivity index (χ4v) is 2.27. The molecule has 2 aromatic heterocycles. The Morgan fingerprint density at radius 1 is 1.17 bits per heavy atom. The number of nitrogens with two attached hydrogens (primary N) is 1. The van der Waals surface area contributed by atoms with Gasteiger partial charge in [0.25, 0.3) is 0 Å². The van der Waals surface area contributed by atoms with Crippen molar-refractivity contribution in [1.82, 2.24) is 15.1 Å². The molecule has 0 spiro atoms.